The number of alkyl halides is 1. The zero-order valence-electron chi connectivity index (χ0n) is 3.37. The smallest absolute Gasteiger partial charge is 0.0328 e. The van der Waals surface area contributed by atoms with Crippen molar-refractivity contribution in [2.75, 3.05) is 0 Å². The Balaban J connectivity index is 2.37. The van der Waals surface area contributed by atoms with Crippen molar-refractivity contribution in [1.29, 1.82) is 0 Å². The summed E-state index contributed by atoms with van der Waals surface area (Å²) in [5.74, 6) is 6.03. The Morgan fingerprint density at radius 2 is 1.83 bits per heavy atom. The molecule has 0 aromatic rings. The lowest BCUT2D eigenvalue weighted by Gasteiger charge is -1.88. The molecule has 0 N–H and O–H groups in total. The van der Waals surface area contributed by atoms with Gasteiger partial charge in [-0.1, -0.05) is 22.6 Å². The lowest BCUT2D eigenvalue weighted by atomic mass is 10.4. The predicted molar refractivity (Wildman–Crippen MR) is 34.8 cm³/mol. The summed E-state index contributed by atoms with van der Waals surface area (Å²) in [7, 11) is 0. The van der Waals surface area contributed by atoms with Gasteiger partial charge in [0.1, 0.15) is 0 Å². The first-order valence-corrected chi connectivity index (χ1v) is 3.24. The summed E-state index contributed by atoms with van der Waals surface area (Å²) in [6, 6.07) is 0. The fraction of sp³-hybridized carbons (Fsp3) is 0.600. The highest BCUT2D eigenvalue weighted by atomic mass is 127. The Kier molecular flexibility index (Phi) is 1.36. The number of rotatable bonds is 0. The highest BCUT2D eigenvalue weighted by Gasteiger charge is 2.01. The first-order chi connectivity index (χ1) is 2.89. The van der Waals surface area contributed by atoms with Gasteiger partial charge >= 0.3 is 0 Å². The van der Waals surface area contributed by atoms with Gasteiger partial charge in [-0.05, 0) is 0 Å². The normalized spacial score (nSPS) is 20.2. The van der Waals surface area contributed by atoms with Crippen LogP contribution in [0, 0.1) is 11.8 Å². The maximum atomic E-state index is 3.01. The summed E-state index contributed by atoms with van der Waals surface area (Å²) in [6.07, 6.45) is 2.22. The molecule has 0 saturated heterocycles. The van der Waals surface area contributed by atoms with Gasteiger partial charge in [0.15, 0.2) is 0 Å². The van der Waals surface area contributed by atoms with Gasteiger partial charge in [-0.2, -0.15) is 0 Å². The number of hydrogen-bond donors (Lipinski definition) is 0. The van der Waals surface area contributed by atoms with Gasteiger partial charge in [0.2, 0.25) is 0 Å². The van der Waals surface area contributed by atoms with E-state index in [1.807, 2.05) is 0 Å². The number of hydrogen-bond acceptors (Lipinski definition) is 0. The molecule has 0 fully saturated rings. The molecule has 1 heteroatoms. The summed E-state index contributed by atoms with van der Waals surface area (Å²) in [6.45, 7) is 0. The summed E-state index contributed by atoms with van der Waals surface area (Å²) >= 11 is 2.41. The van der Waals surface area contributed by atoms with E-state index in [9.17, 15) is 0 Å². The molecule has 0 aliphatic heterocycles. The molecule has 0 radical (unpaired) electrons. The van der Waals surface area contributed by atoms with Crippen molar-refractivity contribution in [1.82, 2.24) is 0 Å². The maximum Gasteiger partial charge on any atom is 0.0328 e. The zero-order valence-corrected chi connectivity index (χ0v) is 5.53. The molecule has 0 nitrogen and oxygen atoms in total. The Bertz CT molecular complexity index is 86.2. The fourth-order valence-electron chi connectivity index (χ4n) is 0.438. The maximum absolute atomic E-state index is 3.01. The molecule has 0 aromatic carbocycles. The van der Waals surface area contributed by atoms with Crippen LogP contribution in [-0.2, 0) is 0 Å². The second-order valence-electron chi connectivity index (χ2n) is 1.36. The third-order valence-electron chi connectivity index (χ3n) is 0.772. The summed E-state index contributed by atoms with van der Waals surface area (Å²) < 4.78 is 0.794. The van der Waals surface area contributed by atoms with E-state index < -0.39 is 0 Å². The van der Waals surface area contributed by atoms with Gasteiger partial charge in [0.25, 0.3) is 0 Å². The molecule has 1 rings (SSSR count). The lowest BCUT2D eigenvalue weighted by Crippen LogP contribution is -1.84. The molecule has 6 heavy (non-hydrogen) atoms. The Morgan fingerprint density at radius 3 is 2.00 bits per heavy atom. The van der Waals surface area contributed by atoms with E-state index >= 15 is 0 Å². The molecule has 0 amide bonds. The van der Waals surface area contributed by atoms with Gasteiger partial charge in [0, 0.05) is 16.8 Å². The molecule has 32 valence electrons. The van der Waals surface area contributed by atoms with Crippen molar-refractivity contribution in [2.24, 2.45) is 0 Å². The highest BCUT2D eigenvalue weighted by Crippen LogP contribution is 2.12. The highest BCUT2D eigenvalue weighted by molar-refractivity contribution is 14.1. The van der Waals surface area contributed by atoms with Gasteiger partial charge in [-0.3, -0.25) is 0 Å². The van der Waals surface area contributed by atoms with Gasteiger partial charge in [-0.25, -0.2) is 0 Å². The van der Waals surface area contributed by atoms with E-state index in [-0.39, 0.29) is 0 Å². The quantitative estimate of drug-likeness (QED) is 0.310. The van der Waals surface area contributed by atoms with Crippen LogP contribution < -0.4 is 0 Å². The van der Waals surface area contributed by atoms with E-state index in [0.717, 1.165) is 16.8 Å². The molecule has 0 bridgehead atoms. The molecule has 0 heterocycles. The van der Waals surface area contributed by atoms with E-state index in [1.54, 1.807) is 0 Å². The van der Waals surface area contributed by atoms with Crippen LogP contribution in [0.5, 0.6) is 0 Å². The van der Waals surface area contributed by atoms with Gasteiger partial charge in [-0.15, -0.1) is 11.8 Å². The second-order valence-corrected chi connectivity index (χ2v) is 3.12. The summed E-state index contributed by atoms with van der Waals surface area (Å²) in [5.41, 5.74) is 0. The van der Waals surface area contributed by atoms with Crippen LogP contribution in [-0.4, -0.2) is 3.92 Å². The topological polar surface area (TPSA) is 0 Å². The van der Waals surface area contributed by atoms with Crippen molar-refractivity contribution in [3.63, 3.8) is 0 Å². The van der Waals surface area contributed by atoms with Crippen LogP contribution in [0.15, 0.2) is 0 Å². The Hall–Kier alpha value is 0.290. The van der Waals surface area contributed by atoms with E-state index in [4.69, 9.17) is 0 Å². The summed E-state index contributed by atoms with van der Waals surface area (Å²) in [4.78, 5) is 0. The second kappa shape index (κ2) is 1.83. The third kappa shape index (κ3) is 0.874. The molecule has 1 aliphatic rings. The Labute approximate surface area is 51.5 Å². The minimum Gasteiger partial charge on any atom is -0.102 e. The van der Waals surface area contributed by atoms with Crippen LogP contribution in [0.3, 0.4) is 0 Å². The standard InChI is InChI=1S/C5H5I/c6-5-3-1-2-4-5/h5H,3-4H2. The average Bonchev–Trinajstić information content (AvgIpc) is 1.86. The molecule has 0 saturated carbocycles. The van der Waals surface area contributed by atoms with E-state index in [0.29, 0.717) is 0 Å². The molecular weight excluding hydrogens is 187 g/mol. The fourth-order valence-corrected chi connectivity index (χ4v) is 0.878. The Morgan fingerprint density at radius 1 is 1.33 bits per heavy atom. The van der Waals surface area contributed by atoms with Crippen molar-refractivity contribution in [2.45, 2.75) is 16.8 Å². The summed E-state index contributed by atoms with van der Waals surface area (Å²) in [5, 5.41) is 0. The average molecular weight is 192 g/mol. The van der Waals surface area contributed by atoms with Crippen LogP contribution in [0.1, 0.15) is 12.8 Å². The number of halogens is 1. The van der Waals surface area contributed by atoms with Crippen molar-refractivity contribution < 1.29 is 0 Å². The van der Waals surface area contributed by atoms with Crippen LogP contribution in [0.2, 0.25) is 0 Å². The molecule has 1 aliphatic carbocycles. The first kappa shape index (κ1) is 4.45. The van der Waals surface area contributed by atoms with Gasteiger partial charge in [0.05, 0.1) is 0 Å². The lowest BCUT2D eigenvalue weighted by molar-refractivity contribution is 1.00. The van der Waals surface area contributed by atoms with Crippen molar-refractivity contribution in [3.05, 3.63) is 0 Å². The monoisotopic (exact) mass is 192 g/mol. The molecule has 0 unspecified atom stereocenters. The van der Waals surface area contributed by atoms with Crippen LogP contribution >= 0.6 is 22.6 Å². The molecule has 0 aromatic heterocycles. The predicted octanol–water partition coefficient (Wildman–Crippen LogP) is 1.59. The van der Waals surface area contributed by atoms with Crippen molar-refractivity contribution >= 4 is 22.6 Å². The molecule has 0 atom stereocenters. The van der Waals surface area contributed by atoms with E-state index in [2.05, 4.69) is 34.4 Å². The SMILES string of the molecule is IC1CC#CC1. The molecule has 0 spiro atoms. The minimum absolute atomic E-state index is 0.794. The van der Waals surface area contributed by atoms with E-state index in [1.165, 1.54) is 0 Å². The van der Waals surface area contributed by atoms with Crippen LogP contribution in [0.25, 0.3) is 0 Å². The third-order valence-corrected chi connectivity index (χ3v) is 1.65. The minimum atomic E-state index is 0.794. The molecular formula is C5H5I. The van der Waals surface area contributed by atoms with Crippen molar-refractivity contribution in [3.8, 4) is 11.8 Å². The van der Waals surface area contributed by atoms with Crippen LogP contribution in [0.4, 0.5) is 0 Å². The first-order valence-electron chi connectivity index (χ1n) is 1.99. The zero-order chi connectivity index (χ0) is 4.41. The van der Waals surface area contributed by atoms with Gasteiger partial charge < -0.3 is 0 Å². The largest absolute Gasteiger partial charge is 0.102 e.